The fourth-order valence-electron chi connectivity index (χ4n) is 3.29. The minimum atomic E-state index is 0.491. The summed E-state index contributed by atoms with van der Waals surface area (Å²) in [5, 5.41) is 16.6. The van der Waals surface area contributed by atoms with Crippen LogP contribution in [0.15, 0.2) is 65.3 Å². The summed E-state index contributed by atoms with van der Waals surface area (Å²) in [5.41, 5.74) is 4.19. The third-order valence-electron chi connectivity index (χ3n) is 4.74. The molecule has 0 unspecified atom stereocenters. The summed E-state index contributed by atoms with van der Waals surface area (Å²) >= 11 is 20.2. The molecule has 154 valence electrons. The first-order valence-electron chi connectivity index (χ1n) is 9.20. The van der Waals surface area contributed by atoms with E-state index in [1.54, 1.807) is 23.1 Å². The van der Waals surface area contributed by atoms with E-state index >= 15 is 0 Å². The smallest absolute Gasteiger partial charge is 0.183 e. The predicted molar refractivity (Wildman–Crippen MR) is 125 cm³/mol. The molecule has 0 aliphatic rings. The number of aromatic nitrogens is 4. The second kappa shape index (κ2) is 8.13. The van der Waals surface area contributed by atoms with Crippen LogP contribution in [0.5, 0.6) is 0 Å². The summed E-state index contributed by atoms with van der Waals surface area (Å²) in [6, 6.07) is 16.6. The molecule has 2 aromatic carbocycles. The van der Waals surface area contributed by atoms with Gasteiger partial charge < -0.3 is 4.42 Å². The number of hydrogen-bond acceptors (Lipinski definition) is 5. The third kappa shape index (κ3) is 3.77. The van der Waals surface area contributed by atoms with Crippen LogP contribution in [-0.4, -0.2) is 20.0 Å². The molecule has 3 aromatic heterocycles. The monoisotopic (exact) mass is 486 g/mol. The van der Waals surface area contributed by atoms with Crippen molar-refractivity contribution in [3.63, 3.8) is 0 Å². The molecular weight excluding hydrogens is 475 g/mol. The molecule has 0 bridgehead atoms. The largest absolute Gasteiger partial charge is 0.462 e. The zero-order chi connectivity index (χ0) is 21.5. The average Bonchev–Trinajstić information content (AvgIpc) is 3.48. The van der Waals surface area contributed by atoms with Crippen molar-refractivity contribution in [3.8, 4) is 38.4 Å². The van der Waals surface area contributed by atoms with Crippen molar-refractivity contribution in [3.05, 3.63) is 81.5 Å². The van der Waals surface area contributed by atoms with Crippen LogP contribution in [0.25, 0.3) is 38.4 Å². The van der Waals surface area contributed by atoms with Gasteiger partial charge in [0, 0.05) is 21.2 Å². The summed E-state index contributed by atoms with van der Waals surface area (Å²) in [7, 11) is 0. The third-order valence-corrected chi connectivity index (χ3v) is 6.47. The standard InChI is InChI=1S/C22H13Cl3N4OS/c1-12-19(22-27-26-21(31-22)18-3-2-10-30-18)28-29(17-9-8-15(24)11-16(17)25)20(12)13-4-6-14(23)7-5-13/h2-11H,1H3. The number of halogens is 3. The Morgan fingerprint density at radius 3 is 2.35 bits per heavy atom. The molecule has 3 heterocycles. The summed E-state index contributed by atoms with van der Waals surface area (Å²) in [5.74, 6) is 0.666. The molecule has 0 aliphatic carbocycles. The zero-order valence-corrected chi connectivity index (χ0v) is 19.1. The molecule has 31 heavy (non-hydrogen) atoms. The lowest BCUT2D eigenvalue weighted by Crippen LogP contribution is -2.00. The van der Waals surface area contributed by atoms with Crippen molar-refractivity contribution >= 4 is 46.1 Å². The van der Waals surface area contributed by atoms with E-state index in [1.807, 2.05) is 49.4 Å². The Morgan fingerprint density at radius 1 is 0.903 bits per heavy atom. The molecule has 5 nitrogen and oxygen atoms in total. The Morgan fingerprint density at radius 2 is 1.65 bits per heavy atom. The second-order valence-electron chi connectivity index (χ2n) is 6.73. The van der Waals surface area contributed by atoms with Crippen molar-refractivity contribution in [1.82, 2.24) is 20.0 Å². The maximum atomic E-state index is 6.52. The van der Waals surface area contributed by atoms with Gasteiger partial charge in [-0.05, 0) is 49.4 Å². The fourth-order valence-corrected chi connectivity index (χ4v) is 4.76. The van der Waals surface area contributed by atoms with E-state index in [-0.39, 0.29) is 0 Å². The second-order valence-corrected chi connectivity index (χ2v) is 8.98. The first kappa shape index (κ1) is 20.3. The first-order valence-corrected chi connectivity index (χ1v) is 11.1. The van der Waals surface area contributed by atoms with Gasteiger partial charge in [0.2, 0.25) is 0 Å². The molecule has 5 aromatic rings. The van der Waals surface area contributed by atoms with Crippen LogP contribution in [0, 0.1) is 6.92 Å². The van der Waals surface area contributed by atoms with Crippen molar-refractivity contribution in [2.45, 2.75) is 6.92 Å². The Hall–Kier alpha value is -2.64. The van der Waals surface area contributed by atoms with Gasteiger partial charge in [0.15, 0.2) is 15.8 Å². The van der Waals surface area contributed by atoms with Crippen LogP contribution in [0.2, 0.25) is 15.1 Å². The molecular formula is C22H13Cl3N4OS. The highest BCUT2D eigenvalue weighted by Crippen LogP contribution is 2.38. The topological polar surface area (TPSA) is 56.7 Å². The molecule has 0 N–H and O–H groups in total. The summed E-state index contributed by atoms with van der Waals surface area (Å²) in [6.45, 7) is 2.00. The Labute approximate surface area is 196 Å². The van der Waals surface area contributed by atoms with E-state index in [0.717, 1.165) is 16.8 Å². The lowest BCUT2D eigenvalue weighted by atomic mass is 10.1. The number of hydrogen-bond donors (Lipinski definition) is 0. The maximum Gasteiger partial charge on any atom is 0.183 e. The summed E-state index contributed by atoms with van der Waals surface area (Å²) < 4.78 is 7.25. The van der Waals surface area contributed by atoms with E-state index < -0.39 is 0 Å². The minimum Gasteiger partial charge on any atom is -0.462 e. The van der Waals surface area contributed by atoms with Gasteiger partial charge in [-0.15, -0.1) is 10.2 Å². The van der Waals surface area contributed by atoms with Crippen molar-refractivity contribution in [2.24, 2.45) is 0 Å². The van der Waals surface area contributed by atoms with Gasteiger partial charge in [0.25, 0.3) is 0 Å². The van der Waals surface area contributed by atoms with Gasteiger partial charge in [0.05, 0.1) is 22.7 Å². The maximum absolute atomic E-state index is 6.52. The Bertz CT molecular complexity index is 1370. The van der Waals surface area contributed by atoms with Crippen LogP contribution < -0.4 is 0 Å². The van der Waals surface area contributed by atoms with Gasteiger partial charge in [-0.25, -0.2) is 4.68 Å². The molecule has 5 rings (SSSR count). The number of nitrogens with zero attached hydrogens (tertiary/aromatic N) is 4. The van der Waals surface area contributed by atoms with Crippen LogP contribution in [0.3, 0.4) is 0 Å². The van der Waals surface area contributed by atoms with E-state index in [1.165, 1.54) is 11.3 Å². The quantitative estimate of drug-likeness (QED) is 0.262. The first-order chi connectivity index (χ1) is 15.0. The molecule has 0 saturated heterocycles. The highest BCUT2D eigenvalue weighted by atomic mass is 35.5. The highest BCUT2D eigenvalue weighted by molar-refractivity contribution is 7.17. The summed E-state index contributed by atoms with van der Waals surface area (Å²) in [6.07, 6.45) is 1.61. The Kier molecular flexibility index (Phi) is 5.32. The van der Waals surface area contributed by atoms with Crippen LogP contribution in [0.4, 0.5) is 0 Å². The lowest BCUT2D eigenvalue weighted by molar-refractivity contribution is 0.581. The van der Waals surface area contributed by atoms with Gasteiger partial charge >= 0.3 is 0 Å². The molecule has 9 heteroatoms. The molecule has 0 atom stereocenters. The van der Waals surface area contributed by atoms with Crippen molar-refractivity contribution in [1.29, 1.82) is 0 Å². The molecule has 0 fully saturated rings. The van der Waals surface area contributed by atoms with E-state index in [4.69, 9.17) is 44.3 Å². The number of furan rings is 1. The van der Waals surface area contributed by atoms with Gasteiger partial charge in [0.1, 0.15) is 5.69 Å². The van der Waals surface area contributed by atoms with Crippen LogP contribution in [-0.2, 0) is 0 Å². The van der Waals surface area contributed by atoms with E-state index in [9.17, 15) is 0 Å². The molecule has 0 amide bonds. The van der Waals surface area contributed by atoms with E-state index in [2.05, 4.69) is 10.2 Å². The number of benzene rings is 2. The highest BCUT2D eigenvalue weighted by Gasteiger charge is 2.23. The summed E-state index contributed by atoms with van der Waals surface area (Å²) in [4.78, 5) is 0. The minimum absolute atomic E-state index is 0.491. The lowest BCUT2D eigenvalue weighted by Gasteiger charge is -2.11. The van der Waals surface area contributed by atoms with Crippen LogP contribution >= 0.6 is 46.1 Å². The normalized spacial score (nSPS) is 11.2. The molecule has 0 radical (unpaired) electrons. The van der Waals surface area contributed by atoms with Crippen LogP contribution in [0.1, 0.15) is 5.56 Å². The Balaban J connectivity index is 1.71. The molecule has 0 spiro atoms. The fraction of sp³-hybridized carbons (Fsp3) is 0.0455. The van der Waals surface area contributed by atoms with Crippen molar-refractivity contribution < 1.29 is 4.42 Å². The van der Waals surface area contributed by atoms with Crippen molar-refractivity contribution in [2.75, 3.05) is 0 Å². The molecule has 0 aliphatic heterocycles. The van der Waals surface area contributed by atoms with Gasteiger partial charge in [-0.2, -0.15) is 5.10 Å². The average molecular weight is 488 g/mol. The van der Waals surface area contributed by atoms with Gasteiger partial charge in [-0.1, -0.05) is 58.3 Å². The molecule has 0 saturated carbocycles. The van der Waals surface area contributed by atoms with Gasteiger partial charge in [-0.3, -0.25) is 0 Å². The SMILES string of the molecule is Cc1c(-c2nnc(-c3ccco3)s2)nn(-c2ccc(Cl)cc2Cl)c1-c1ccc(Cl)cc1. The van der Waals surface area contributed by atoms with E-state index in [0.29, 0.717) is 42.2 Å². The number of rotatable bonds is 4. The predicted octanol–water partition coefficient (Wildman–Crippen LogP) is 7.59. The zero-order valence-electron chi connectivity index (χ0n) is 16.0.